The molecule has 0 aliphatic carbocycles. The van der Waals surface area contributed by atoms with Gasteiger partial charge in [0.15, 0.2) is 5.96 Å². The van der Waals surface area contributed by atoms with Crippen LogP contribution < -0.4 is 11.5 Å². The summed E-state index contributed by atoms with van der Waals surface area (Å²) in [4.78, 5) is 14.0. The Morgan fingerprint density at radius 2 is 2.00 bits per heavy atom. The Hall–Kier alpha value is -1.30. The van der Waals surface area contributed by atoms with Gasteiger partial charge in [0, 0.05) is 6.92 Å². The zero-order chi connectivity index (χ0) is 10.1. The van der Waals surface area contributed by atoms with E-state index in [9.17, 15) is 4.79 Å². The first-order valence-electron chi connectivity index (χ1n) is 3.89. The Kier molecular flexibility index (Phi) is 6.62. The molecule has 0 unspecified atom stereocenters. The largest absolute Gasteiger partial charge is 0.463 e. The summed E-state index contributed by atoms with van der Waals surface area (Å²) in [6.45, 7) is 2.80. The number of nitrogens with zero attached hydrogens (tertiary/aromatic N) is 1. The average Bonchev–Trinajstić information content (AvgIpc) is 2.01. The van der Waals surface area contributed by atoms with Gasteiger partial charge in [0.25, 0.3) is 0 Å². The minimum Gasteiger partial charge on any atom is -0.463 e. The summed E-state index contributed by atoms with van der Waals surface area (Å²) in [5, 5.41) is 0. The van der Waals surface area contributed by atoms with Gasteiger partial charge in [-0.1, -0.05) is 0 Å². The molecule has 0 heterocycles. The smallest absolute Gasteiger partial charge is 0.302 e. The van der Waals surface area contributed by atoms with Crippen LogP contribution in [0.2, 0.25) is 0 Å². The van der Waals surface area contributed by atoms with Crippen LogP contribution in [0.15, 0.2) is 4.99 Å². The fourth-order valence-electron chi connectivity index (χ4n) is 0.586. The van der Waals surface area contributed by atoms with E-state index in [4.69, 9.17) is 16.2 Å². The molecule has 0 aliphatic heterocycles. The van der Waals surface area contributed by atoms with Crippen LogP contribution in [0, 0.1) is 0 Å². The number of carbonyl (C=O) groups excluding carboxylic acids is 1. The maximum Gasteiger partial charge on any atom is 0.302 e. The highest BCUT2D eigenvalue weighted by Crippen LogP contribution is 1.80. The normalized spacial score (nSPS) is 9.31. The van der Waals surface area contributed by atoms with Crippen molar-refractivity contribution in [3.63, 3.8) is 0 Å². The molecule has 76 valence electrons. The van der Waals surface area contributed by atoms with Crippen molar-refractivity contribution in [2.24, 2.45) is 16.5 Å². The SMILES string of the molecule is CC(=O)OCCOCCN=C(N)N. The van der Waals surface area contributed by atoms with Crippen molar-refractivity contribution in [2.75, 3.05) is 26.4 Å². The van der Waals surface area contributed by atoms with Crippen LogP contribution in [0.5, 0.6) is 0 Å². The number of rotatable bonds is 6. The molecular formula is C7H15N3O3. The molecule has 13 heavy (non-hydrogen) atoms. The molecule has 0 aliphatic rings. The van der Waals surface area contributed by atoms with Crippen molar-refractivity contribution in [3.05, 3.63) is 0 Å². The van der Waals surface area contributed by atoms with Crippen LogP contribution in [0.3, 0.4) is 0 Å². The van der Waals surface area contributed by atoms with Crippen LogP contribution in [0.25, 0.3) is 0 Å². The molecule has 0 aromatic heterocycles. The predicted octanol–water partition coefficient (Wildman–Crippen LogP) is -1.16. The van der Waals surface area contributed by atoms with Crippen molar-refractivity contribution in [1.29, 1.82) is 0 Å². The van der Waals surface area contributed by atoms with E-state index >= 15 is 0 Å². The van der Waals surface area contributed by atoms with E-state index in [0.29, 0.717) is 19.8 Å². The van der Waals surface area contributed by atoms with Gasteiger partial charge in [-0.2, -0.15) is 0 Å². The highest BCUT2D eigenvalue weighted by molar-refractivity contribution is 5.75. The molecule has 0 aromatic rings. The lowest BCUT2D eigenvalue weighted by Crippen LogP contribution is -2.23. The minimum atomic E-state index is -0.312. The monoisotopic (exact) mass is 189 g/mol. The molecule has 0 spiro atoms. The number of carbonyl (C=O) groups is 1. The van der Waals surface area contributed by atoms with Crippen LogP contribution >= 0.6 is 0 Å². The number of esters is 1. The van der Waals surface area contributed by atoms with E-state index < -0.39 is 0 Å². The zero-order valence-electron chi connectivity index (χ0n) is 7.66. The first-order chi connectivity index (χ1) is 6.13. The van der Waals surface area contributed by atoms with Gasteiger partial charge in [0.1, 0.15) is 6.61 Å². The maximum atomic E-state index is 10.3. The second-order valence-electron chi connectivity index (χ2n) is 2.26. The van der Waals surface area contributed by atoms with Gasteiger partial charge < -0.3 is 20.9 Å². The Labute approximate surface area is 76.9 Å². The summed E-state index contributed by atoms with van der Waals surface area (Å²) in [6, 6.07) is 0. The van der Waals surface area contributed by atoms with Gasteiger partial charge in [-0.05, 0) is 0 Å². The third-order valence-corrected chi connectivity index (χ3v) is 1.06. The second kappa shape index (κ2) is 7.35. The fraction of sp³-hybridized carbons (Fsp3) is 0.714. The number of hydrogen-bond donors (Lipinski definition) is 2. The number of ether oxygens (including phenoxy) is 2. The zero-order valence-corrected chi connectivity index (χ0v) is 7.66. The average molecular weight is 189 g/mol. The minimum absolute atomic E-state index is 0.0450. The van der Waals surface area contributed by atoms with Crippen molar-refractivity contribution in [2.45, 2.75) is 6.92 Å². The van der Waals surface area contributed by atoms with Crippen molar-refractivity contribution < 1.29 is 14.3 Å². The molecule has 0 radical (unpaired) electrons. The molecule has 0 rings (SSSR count). The van der Waals surface area contributed by atoms with Gasteiger partial charge >= 0.3 is 5.97 Å². The summed E-state index contributed by atoms with van der Waals surface area (Å²) in [7, 11) is 0. The van der Waals surface area contributed by atoms with Crippen LogP contribution in [0.1, 0.15) is 6.92 Å². The summed E-state index contributed by atoms with van der Waals surface area (Å²) in [5.41, 5.74) is 10.2. The lowest BCUT2D eigenvalue weighted by molar-refractivity contribution is -0.142. The predicted molar refractivity (Wildman–Crippen MR) is 48.1 cm³/mol. The second-order valence-corrected chi connectivity index (χ2v) is 2.26. The third kappa shape index (κ3) is 10.7. The molecule has 0 atom stereocenters. The standard InChI is InChI=1S/C7H15N3O3/c1-6(11)13-5-4-12-3-2-10-7(8)9/h2-5H2,1H3,(H4,8,9,10). The lowest BCUT2D eigenvalue weighted by Gasteiger charge is -2.02. The lowest BCUT2D eigenvalue weighted by atomic mass is 10.7. The summed E-state index contributed by atoms with van der Waals surface area (Å²) >= 11 is 0. The van der Waals surface area contributed by atoms with Crippen molar-refractivity contribution in [3.8, 4) is 0 Å². The number of hydrogen-bond acceptors (Lipinski definition) is 4. The molecule has 0 saturated heterocycles. The van der Waals surface area contributed by atoms with Crippen LogP contribution in [0.4, 0.5) is 0 Å². The molecule has 0 fully saturated rings. The van der Waals surface area contributed by atoms with E-state index in [2.05, 4.69) is 9.73 Å². The molecular weight excluding hydrogens is 174 g/mol. The van der Waals surface area contributed by atoms with E-state index in [1.54, 1.807) is 0 Å². The summed E-state index contributed by atoms with van der Waals surface area (Å²) < 4.78 is 9.66. The summed E-state index contributed by atoms with van der Waals surface area (Å²) in [5.74, 6) is -0.267. The van der Waals surface area contributed by atoms with Crippen molar-refractivity contribution in [1.82, 2.24) is 0 Å². The topological polar surface area (TPSA) is 99.9 Å². The number of guanidine groups is 1. The van der Waals surface area contributed by atoms with Gasteiger partial charge in [-0.15, -0.1) is 0 Å². The molecule has 0 bridgehead atoms. The van der Waals surface area contributed by atoms with E-state index in [1.165, 1.54) is 6.92 Å². The fourth-order valence-corrected chi connectivity index (χ4v) is 0.586. The molecule has 6 nitrogen and oxygen atoms in total. The van der Waals surface area contributed by atoms with E-state index in [-0.39, 0.29) is 18.5 Å². The van der Waals surface area contributed by atoms with E-state index in [1.807, 2.05) is 0 Å². The highest BCUT2D eigenvalue weighted by Gasteiger charge is 1.92. The Morgan fingerprint density at radius 1 is 1.31 bits per heavy atom. The number of aliphatic imine (C=N–C) groups is 1. The molecule has 4 N–H and O–H groups in total. The molecule has 0 amide bonds. The van der Waals surface area contributed by atoms with Gasteiger partial charge in [-0.25, -0.2) is 0 Å². The Morgan fingerprint density at radius 3 is 2.54 bits per heavy atom. The van der Waals surface area contributed by atoms with Gasteiger partial charge in [-0.3, -0.25) is 9.79 Å². The molecule has 0 aromatic carbocycles. The van der Waals surface area contributed by atoms with Crippen LogP contribution in [-0.2, 0) is 14.3 Å². The maximum absolute atomic E-state index is 10.3. The Bertz CT molecular complexity index is 178. The molecule has 0 saturated carbocycles. The Balaban J connectivity index is 3.09. The first-order valence-corrected chi connectivity index (χ1v) is 3.89. The first kappa shape index (κ1) is 11.7. The van der Waals surface area contributed by atoms with Crippen molar-refractivity contribution >= 4 is 11.9 Å². The third-order valence-electron chi connectivity index (χ3n) is 1.06. The van der Waals surface area contributed by atoms with Gasteiger partial charge in [0.05, 0.1) is 19.8 Å². The quantitative estimate of drug-likeness (QED) is 0.237. The van der Waals surface area contributed by atoms with Gasteiger partial charge in [0.2, 0.25) is 0 Å². The van der Waals surface area contributed by atoms with Crippen LogP contribution in [-0.4, -0.2) is 38.3 Å². The number of nitrogens with two attached hydrogens (primary N) is 2. The van der Waals surface area contributed by atoms with E-state index in [0.717, 1.165) is 0 Å². The molecule has 6 heteroatoms. The summed E-state index contributed by atoms with van der Waals surface area (Å²) in [6.07, 6.45) is 0. The highest BCUT2D eigenvalue weighted by atomic mass is 16.6.